The first-order valence-corrected chi connectivity index (χ1v) is 5.72. The van der Waals surface area contributed by atoms with Crippen LogP contribution in [0.3, 0.4) is 0 Å². The zero-order valence-electron chi connectivity index (χ0n) is 10.1. The van der Waals surface area contributed by atoms with Gasteiger partial charge >= 0.3 is 5.97 Å². The number of benzene rings is 1. The lowest BCUT2D eigenvalue weighted by atomic mass is 10.1. The van der Waals surface area contributed by atoms with Gasteiger partial charge in [0, 0.05) is 5.56 Å². The summed E-state index contributed by atoms with van der Waals surface area (Å²) in [5.41, 5.74) is 7.34. The Kier molecular flexibility index (Phi) is 3.61. The number of rotatable bonds is 5. The molecule has 1 aromatic carbocycles. The number of aliphatic carboxylic acids is 1. The van der Waals surface area contributed by atoms with E-state index < -0.39 is 5.97 Å². The third-order valence-electron chi connectivity index (χ3n) is 2.73. The molecule has 1 aromatic heterocycles. The van der Waals surface area contributed by atoms with Crippen molar-refractivity contribution in [2.75, 3.05) is 5.73 Å². The molecule has 2 aromatic rings. The maximum absolute atomic E-state index is 11.1. The highest BCUT2D eigenvalue weighted by Gasteiger charge is 2.16. The summed E-state index contributed by atoms with van der Waals surface area (Å²) in [6.45, 7) is 0.134. The van der Waals surface area contributed by atoms with Crippen LogP contribution in [0.15, 0.2) is 30.3 Å². The predicted molar refractivity (Wildman–Crippen MR) is 69.7 cm³/mol. The number of hydrogen-bond acceptors (Lipinski definition) is 4. The van der Waals surface area contributed by atoms with E-state index in [4.69, 9.17) is 10.8 Å². The number of aryl methyl sites for hydroxylation is 1. The van der Waals surface area contributed by atoms with Crippen LogP contribution in [0.4, 0.5) is 5.82 Å². The molecule has 0 radical (unpaired) electrons. The topological polar surface area (TPSA) is 98.2 Å². The molecule has 0 atom stereocenters. The Morgan fingerprint density at radius 2 is 2.05 bits per heavy atom. The van der Waals surface area contributed by atoms with Crippen molar-refractivity contribution < 1.29 is 14.7 Å². The molecule has 98 valence electrons. The monoisotopic (exact) mass is 259 g/mol. The van der Waals surface area contributed by atoms with Crippen molar-refractivity contribution in [1.29, 1.82) is 0 Å². The van der Waals surface area contributed by atoms with Crippen LogP contribution in [-0.2, 0) is 11.3 Å². The van der Waals surface area contributed by atoms with Gasteiger partial charge in [-0.1, -0.05) is 30.3 Å². The normalized spacial score (nSPS) is 10.3. The molecule has 0 amide bonds. The standard InChI is InChI=1S/C13H13N3O3/c14-13-10(8-17)12(9-4-2-1-3-5-9)15-16(13)7-6-11(18)19/h1-5,8H,6-7,14H2,(H,18,19). The molecule has 2 rings (SSSR count). The van der Waals surface area contributed by atoms with Gasteiger partial charge in [0.25, 0.3) is 0 Å². The Hall–Kier alpha value is -2.63. The van der Waals surface area contributed by atoms with Crippen LogP contribution in [0.1, 0.15) is 16.8 Å². The summed E-state index contributed by atoms with van der Waals surface area (Å²) in [7, 11) is 0. The fraction of sp³-hybridized carbons (Fsp3) is 0.154. The van der Waals surface area contributed by atoms with Gasteiger partial charge in [0.15, 0.2) is 6.29 Å². The number of nitrogen functional groups attached to an aromatic ring is 1. The molecule has 6 heteroatoms. The number of nitrogens with two attached hydrogens (primary N) is 1. The fourth-order valence-electron chi connectivity index (χ4n) is 1.79. The predicted octanol–water partition coefficient (Wildman–Crippen LogP) is 1.42. The lowest BCUT2D eigenvalue weighted by molar-refractivity contribution is -0.137. The number of carboxylic acid groups (broad SMARTS) is 1. The number of aromatic nitrogens is 2. The van der Waals surface area contributed by atoms with Gasteiger partial charge in [0.2, 0.25) is 0 Å². The lowest BCUT2D eigenvalue weighted by Gasteiger charge is -2.00. The van der Waals surface area contributed by atoms with Gasteiger partial charge in [-0.25, -0.2) is 4.68 Å². The molecule has 1 heterocycles. The minimum absolute atomic E-state index is 0.0988. The van der Waals surface area contributed by atoms with E-state index >= 15 is 0 Å². The van der Waals surface area contributed by atoms with Gasteiger partial charge in [-0.05, 0) is 0 Å². The summed E-state index contributed by atoms with van der Waals surface area (Å²) < 4.78 is 1.35. The highest BCUT2D eigenvalue weighted by atomic mass is 16.4. The number of anilines is 1. The van der Waals surface area contributed by atoms with Crippen molar-refractivity contribution in [2.45, 2.75) is 13.0 Å². The van der Waals surface area contributed by atoms with Crippen LogP contribution >= 0.6 is 0 Å². The number of carbonyl (C=O) groups excluding carboxylic acids is 1. The third-order valence-corrected chi connectivity index (χ3v) is 2.73. The number of nitrogens with zero attached hydrogens (tertiary/aromatic N) is 2. The molecule has 0 saturated heterocycles. The number of hydrogen-bond donors (Lipinski definition) is 2. The minimum Gasteiger partial charge on any atom is -0.481 e. The quantitative estimate of drug-likeness (QED) is 0.791. The van der Waals surface area contributed by atoms with E-state index in [0.717, 1.165) is 5.56 Å². The van der Waals surface area contributed by atoms with Crippen molar-refractivity contribution in [3.05, 3.63) is 35.9 Å². The van der Waals surface area contributed by atoms with Crippen molar-refractivity contribution in [3.63, 3.8) is 0 Å². The summed E-state index contributed by atoms with van der Waals surface area (Å²) in [5, 5.41) is 12.9. The molecule has 6 nitrogen and oxygen atoms in total. The van der Waals surface area contributed by atoms with Crippen LogP contribution in [0.2, 0.25) is 0 Å². The summed E-state index contributed by atoms with van der Waals surface area (Å²) in [6, 6.07) is 9.15. The molecule has 0 unspecified atom stereocenters. The molecule has 0 fully saturated rings. The molecule has 19 heavy (non-hydrogen) atoms. The van der Waals surface area contributed by atoms with E-state index in [0.29, 0.717) is 12.0 Å². The maximum Gasteiger partial charge on any atom is 0.305 e. The lowest BCUT2D eigenvalue weighted by Crippen LogP contribution is -2.09. The van der Waals surface area contributed by atoms with Crippen LogP contribution in [0, 0.1) is 0 Å². The van der Waals surface area contributed by atoms with Crippen LogP contribution < -0.4 is 5.73 Å². The zero-order chi connectivity index (χ0) is 13.8. The first kappa shape index (κ1) is 12.8. The van der Waals surface area contributed by atoms with Gasteiger partial charge in [0.1, 0.15) is 11.5 Å². The molecule has 3 N–H and O–H groups in total. The summed E-state index contributed by atoms with van der Waals surface area (Å²) in [6.07, 6.45) is 0.542. The van der Waals surface area contributed by atoms with Crippen molar-refractivity contribution in [1.82, 2.24) is 9.78 Å². The van der Waals surface area contributed by atoms with Crippen LogP contribution in [0.5, 0.6) is 0 Å². The summed E-state index contributed by atoms with van der Waals surface area (Å²) >= 11 is 0. The van der Waals surface area contributed by atoms with E-state index in [9.17, 15) is 9.59 Å². The molecule has 0 aliphatic heterocycles. The molecular formula is C13H13N3O3. The van der Waals surface area contributed by atoms with Crippen molar-refractivity contribution >= 4 is 18.1 Å². The van der Waals surface area contributed by atoms with E-state index in [1.165, 1.54) is 4.68 Å². The van der Waals surface area contributed by atoms with Crippen molar-refractivity contribution in [3.8, 4) is 11.3 Å². The Balaban J connectivity index is 2.42. The van der Waals surface area contributed by atoms with Gasteiger partial charge < -0.3 is 10.8 Å². The van der Waals surface area contributed by atoms with E-state index in [-0.39, 0.29) is 24.3 Å². The van der Waals surface area contributed by atoms with Crippen LogP contribution in [0.25, 0.3) is 11.3 Å². The minimum atomic E-state index is -0.941. The number of aldehydes is 1. The zero-order valence-corrected chi connectivity index (χ0v) is 10.1. The SMILES string of the molecule is Nc1c(C=O)c(-c2ccccc2)nn1CCC(=O)O. The third kappa shape index (κ3) is 2.62. The Labute approximate surface area is 109 Å². The molecule has 0 aliphatic carbocycles. The number of carbonyl (C=O) groups is 2. The summed E-state index contributed by atoms with van der Waals surface area (Å²) in [4.78, 5) is 21.7. The number of carboxylic acids is 1. The first-order chi connectivity index (χ1) is 9.13. The highest BCUT2D eigenvalue weighted by Crippen LogP contribution is 2.25. The second-order valence-electron chi connectivity index (χ2n) is 4.00. The highest BCUT2D eigenvalue weighted by molar-refractivity contribution is 5.91. The Morgan fingerprint density at radius 1 is 1.37 bits per heavy atom. The van der Waals surface area contributed by atoms with Gasteiger partial charge in [-0.15, -0.1) is 0 Å². The van der Waals surface area contributed by atoms with E-state index in [1.54, 1.807) is 0 Å². The molecule has 0 spiro atoms. The average Bonchev–Trinajstić information content (AvgIpc) is 2.74. The van der Waals surface area contributed by atoms with Crippen molar-refractivity contribution in [2.24, 2.45) is 0 Å². The second-order valence-corrected chi connectivity index (χ2v) is 4.00. The molecular weight excluding hydrogens is 246 g/mol. The van der Waals surface area contributed by atoms with Gasteiger partial charge in [0.05, 0.1) is 18.5 Å². The van der Waals surface area contributed by atoms with Gasteiger partial charge in [-0.2, -0.15) is 5.10 Å². The van der Waals surface area contributed by atoms with E-state index in [1.807, 2.05) is 30.3 Å². The Morgan fingerprint density at radius 3 is 2.63 bits per heavy atom. The molecule has 0 saturated carbocycles. The van der Waals surface area contributed by atoms with E-state index in [2.05, 4.69) is 5.10 Å². The fourth-order valence-corrected chi connectivity index (χ4v) is 1.79. The smallest absolute Gasteiger partial charge is 0.305 e. The van der Waals surface area contributed by atoms with Gasteiger partial charge in [-0.3, -0.25) is 9.59 Å². The second kappa shape index (κ2) is 5.34. The molecule has 0 bridgehead atoms. The largest absolute Gasteiger partial charge is 0.481 e. The summed E-state index contributed by atoms with van der Waals surface area (Å²) in [5.74, 6) is -0.751. The van der Waals surface area contributed by atoms with Crippen LogP contribution in [-0.4, -0.2) is 27.1 Å². The Bertz CT molecular complexity index is 605. The molecule has 0 aliphatic rings. The maximum atomic E-state index is 11.1. The first-order valence-electron chi connectivity index (χ1n) is 5.72. The average molecular weight is 259 g/mol.